The first kappa shape index (κ1) is 20.7. The van der Waals surface area contributed by atoms with Gasteiger partial charge in [0.1, 0.15) is 23.3 Å². The highest BCUT2D eigenvalue weighted by Gasteiger charge is 2.25. The smallest absolute Gasteiger partial charge is 0.255 e. The highest BCUT2D eigenvalue weighted by Crippen LogP contribution is 2.39. The van der Waals surface area contributed by atoms with Crippen LogP contribution in [0.4, 0.5) is 4.39 Å². The van der Waals surface area contributed by atoms with Crippen LogP contribution in [-0.4, -0.2) is 53.7 Å². The van der Waals surface area contributed by atoms with Crippen molar-refractivity contribution in [2.45, 2.75) is 31.7 Å². The Labute approximate surface area is 184 Å². The SMILES string of the molecule is COc1cc(OCC2CC2)c(-c2ncnc3c(C(=O)NC4CCNCC4)c[nH]c23)cc1F. The third-order valence-electron chi connectivity index (χ3n) is 6.06. The Morgan fingerprint density at radius 1 is 1.19 bits per heavy atom. The Hall–Kier alpha value is -3.20. The number of ether oxygens (including phenoxy) is 2. The number of hydrogen-bond donors (Lipinski definition) is 3. The van der Waals surface area contributed by atoms with Crippen molar-refractivity contribution in [1.82, 2.24) is 25.6 Å². The maximum Gasteiger partial charge on any atom is 0.255 e. The molecule has 168 valence electrons. The summed E-state index contributed by atoms with van der Waals surface area (Å²) in [5, 5.41) is 6.37. The third kappa shape index (κ3) is 4.12. The molecule has 1 aliphatic carbocycles. The number of benzene rings is 1. The van der Waals surface area contributed by atoms with Crippen LogP contribution in [0.2, 0.25) is 0 Å². The lowest BCUT2D eigenvalue weighted by Crippen LogP contribution is -2.42. The fraction of sp³-hybridized carbons (Fsp3) is 0.435. The molecule has 0 spiro atoms. The number of hydrogen-bond acceptors (Lipinski definition) is 6. The fourth-order valence-corrected chi connectivity index (χ4v) is 4.03. The molecule has 0 radical (unpaired) electrons. The second-order valence-corrected chi connectivity index (χ2v) is 8.38. The molecule has 2 fully saturated rings. The van der Waals surface area contributed by atoms with E-state index in [1.165, 1.54) is 19.5 Å². The van der Waals surface area contributed by atoms with Gasteiger partial charge in [0.15, 0.2) is 11.6 Å². The number of halogens is 1. The van der Waals surface area contributed by atoms with Gasteiger partial charge in [0.25, 0.3) is 5.91 Å². The summed E-state index contributed by atoms with van der Waals surface area (Å²) in [6.45, 7) is 2.33. The number of piperidine rings is 1. The summed E-state index contributed by atoms with van der Waals surface area (Å²) in [6.07, 6.45) is 7.07. The van der Waals surface area contributed by atoms with Crippen molar-refractivity contribution in [2.24, 2.45) is 5.92 Å². The van der Waals surface area contributed by atoms with Crippen molar-refractivity contribution in [1.29, 1.82) is 0 Å². The Bertz CT molecular complexity index is 1140. The van der Waals surface area contributed by atoms with Crippen molar-refractivity contribution in [2.75, 3.05) is 26.8 Å². The van der Waals surface area contributed by atoms with E-state index in [-0.39, 0.29) is 17.7 Å². The Morgan fingerprint density at radius 2 is 2.00 bits per heavy atom. The monoisotopic (exact) mass is 439 g/mol. The Morgan fingerprint density at radius 3 is 2.75 bits per heavy atom. The number of amides is 1. The van der Waals surface area contributed by atoms with E-state index in [1.54, 1.807) is 12.3 Å². The number of rotatable bonds is 7. The molecule has 32 heavy (non-hydrogen) atoms. The van der Waals surface area contributed by atoms with Gasteiger partial charge in [0.05, 0.1) is 24.8 Å². The molecule has 2 aromatic heterocycles. The summed E-state index contributed by atoms with van der Waals surface area (Å²) in [5.74, 6) is 0.436. The molecule has 2 aliphatic rings. The molecule has 1 amide bonds. The second-order valence-electron chi connectivity index (χ2n) is 8.38. The number of fused-ring (bicyclic) bond motifs is 1. The molecular weight excluding hydrogens is 413 g/mol. The van der Waals surface area contributed by atoms with E-state index in [4.69, 9.17) is 9.47 Å². The predicted molar refractivity (Wildman–Crippen MR) is 117 cm³/mol. The largest absolute Gasteiger partial charge is 0.494 e. The van der Waals surface area contributed by atoms with Gasteiger partial charge in [-0.05, 0) is 50.8 Å². The van der Waals surface area contributed by atoms with E-state index < -0.39 is 5.82 Å². The minimum Gasteiger partial charge on any atom is -0.494 e. The van der Waals surface area contributed by atoms with E-state index in [1.807, 2.05) is 0 Å². The lowest BCUT2D eigenvalue weighted by atomic mass is 10.1. The summed E-state index contributed by atoms with van der Waals surface area (Å²) in [5.41, 5.74) is 2.46. The van der Waals surface area contributed by atoms with Crippen LogP contribution < -0.4 is 20.1 Å². The molecule has 3 N–H and O–H groups in total. The molecule has 8 nitrogen and oxygen atoms in total. The van der Waals surface area contributed by atoms with E-state index in [0.717, 1.165) is 38.8 Å². The lowest BCUT2D eigenvalue weighted by Gasteiger charge is -2.23. The molecular formula is C23H26FN5O3. The summed E-state index contributed by atoms with van der Waals surface area (Å²) in [6, 6.07) is 3.04. The number of H-pyrrole nitrogens is 1. The molecule has 3 heterocycles. The standard InChI is InChI=1S/C23H26FN5O3/c1-31-19-9-18(32-11-13-2-3-13)15(8-17(19)24)20-22-21(28-12-27-20)16(10-26-22)23(30)29-14-4-6-25-7-5-14/h8-10,12-14,25-26H,2-7,11H2,1H3,(H,29,30). The molecule has 1 aromatic carbocycles. The van der Waals surface area contributed by atoms with Gasteiger partial charge in [-0.3, -0.25) is 4.79 Å². The van der Waals surface area contributed by atoms with Gasteiger partial charge >= 0.3 is 0 Å². The zero-order valence-electron chi connectivity index (χ0n) is 17.9. The van der Waals surface area contributed by atoms with Gasteiger partial charge in [-0.15, -0.1) is 0 Å². The molecule has 1 saturated carbocycles. The number of nitrogens with one attached hydrogen (secondary N) is 3. The van der Waals surface area contributed by atoms with Crippen molar-refractivity contribution in [3.8, 4) is 22.8 Å². The highest BCUT2D eigenvalue weighted by molar-refractivity contribution is 6.08. The first-order valence-corrected chi connectivity index (χ1v) is 11.0. The van der Waals surface area contributed by atoms with Crippen LogP contribution in [0.3, 0.4) is 0 Å². The van der Waals surface area contributed by atoms with E-state index >= 15 is 0 Å². The van der Waals surface area contributed by atoms with E-state index in [0.29, 0.717) is 46.1 Å². The molecule has 5 rings (SSSR count). The zero-order chi connectivity index (χ0) is 22.1. The van der Waals surface area contributed by atoms with Crippen LogP contribution in [-0.2, 0) is 0 Å². The molecule has 1 aliphatic heterocycles. The van der Waals surface area contributed by atoms with Crippen molar-refractivity contribution in [3.63, 3.8) is 0 Å². The maximum atomic E-state index is 14.6. The molecule has 0 unspecified atom stereocenters. The van der Waals surface area contributed by atoms with Gasteiger partial charge < -0.3 is 25.1 Å². The Kier molecular flexibility index (Phi) is 5.65. The number of carbonyl (C=O) groups excluding carboxylic acids is 1. The van der Waals surface area contributed by atoms with Crippen LogP contribution >= 0.6 is 0 Å². The van der Waals surface area contributed by atoms with Crippen LogP contribution in [0, 0.1) is 11.7 Å². The lowest BCUT2D eigenvalue weighted by molar-refractivity contribution is 0.0931. The van der Waals surface area contributed by atoms with Crippen LogP contribution in [0.5, 0.6) is 11.5 Å². The summed E-state index contributed by atoms with van der Waals surface area (Å²) in [4.78, 5) is 24.8. The number of methoxy groups -OCH3 is 1. The average molecular weight is 439 g/mol. The first-order valence-electron chi connectivity index (χ1n) is 11.0. The Balaban J connectivity index is 1.50. The van der Waals surface area contributed by atoms with Gasteiger partial charge in [-0.1, -0.05) is 0 Å². The molecule has 3 aromatic rings. The first-order chi connectivity index (χ1) is 15.6. The van der Waals surface area contributed by atoms with Gasteiger partial charge in [-0.25, -0.2) is 14.4 Å². The quantitative estimate of drug-likeness (QED) is 0.523. The van der Waals surface area contributed by atoms with Gasteiger partial charge in [-0.2, -0.15) is 0 Å². The molecule has 9 heteroatoms. The highest BCUT2D eigenvalue weighted by atomic mass is 19.1. The predicted octanol–water partition coefficient (Wildman–Crippen LogP) is 3.04. The summed E-state index contributed by atoms with van der Waals surface area (Å²) < 4.78 is 25.8. The average Bonchev–Trinajstić information content (AvgIpc) is 3.54. The number of carbonyl (C=O) groups is 1. The number of aromatic nitrogens is 3. The molecule has 0 bridgehead atoms. The number of nitrogens with zero attached hydrogens (tertiary/aromatic N) is 2. The maximum absolute atomic E-state index is 14.6. The minimum absolute atomic E-state index is 0.110. The number of aromatic amines is 1. The normalized spacial score (nSPS) is 16.8. The van der Waals surface area contributed by atoms with Crippen LogP contribution in [0.15, 0.2) is 24.7 Å². The molecule has 0 atom stereocenters. The van der Waals surface area contributed by atoms with Crippen LogP contribution in [0.1, 0.15) is 36.0 Å². The minimum atomic E-state index is -0.511. The topological polar surface area (TPSA) is 101 Å². The summed E-state index contributed by atoms with van der Waals surface area (Å²) >= 11 is 0. The van der Waals surface area contributed by atoms with Crippen molar-refractivity contribution < 1.29 is 18.7 Å². The van der Waals surface area contributed by atoms with Crippen molar-refractivity contribution >= 4 is 16.9 Å². The van der Waals surface area contributed by atoms with Crippen LogP contribution in [0.25, 0.3) is 22.3 Å². The van der Waals surface area contributed by atoms with E-state index in [9.17, 15) is 9.18 Å². The zero-order valence-corrected chi connectivity index (χ0v) is 17.9. The second kappa shape index (κ2) is 8.74. The van der Waals surface area contributed by atoms with Crippen molar-refractivity contribution in [3.05, 3.63) is 36.0 Å². The third-order valence-corrected chi connectivity index (χ3v) is 6.06. The van der Waals surface area contributed by atoms with Gasteiger partial charge in [0.2, 0.25) is 0 Å². The molecule has 1 saturated heterocycles. The van der Waals surface area contributed by atoms with E-state index in [2.05, 4.69) is 25.6 Å². The van der Waals surface area contributed by atoms with Gasteiger partial charge in [0, 0.05) is 23.9 Å². The summed E-state index contributed by atoms with van der Waals surface area (Å²) in [7, 11) is 1.42. The fourth-order valence-electron chi connectivity index (χ4n) is 4.03.